The van der Waals surface area contributed by atoms with Crippen LogP contribution in [0, 0.1) is 20.8 Å². The van der Waals surface area contributed by atoms with Crippen LogP contribution in [0.5, 0.6) is 0 Å². The van der Waals surface area contributed by atoms with E-state index < -0.39 is 0 Å². The highest BCUT2D eigenvalue weighted by Crippen LogP contribution is 2.36. The molecule has 2 aromatic heterocycles. The molecule has 0 spiro atoms. The zero-order valence-corrected chi connectivity index (χ0v) is 19.2. The van der Waals surface area contributed by atoms with E-state index in [9.17, 15) is 9.59 Å². The molecule has 2 aliphatic rings. The molecular formula is C25H27N5O3. The summed E-state index contributed by atoms with van der Waals surface area (Å²) < 4.78 is 5.22. The van der Waals surface area contributed by atoms with Crippen molar-refractivity contribution >= 4 is 17.6 Å². The van der Waals surface area contributed by atoms with Gasteiger partial charge in [-0.15, -0.1) is 0 Å². The van der Waals surface area contributed by atoms with Crippen molar-refractivity contribution in [3.8, 4) is 0 Å². The van der Waals surface area contributed by atoms with Gasteiger partial charge in [0.25, 0.3) is 0 Å². The van der Waals surface area contributed by atoms with Crippen LogP contribution in [0.1, 0.15) is 58.5 Å². The molecule has 1 saturated heterocycles. The molecule has 0 N–H and O–H groups in total. The van der Waals surface area contributed by atoms with Crippen LogP contribution in [0.25, 0.3) is 0 Å². The highest BCUT2D eigenvalue weighted by molar-refractivity contribution is 6.00. The molecule has 0 aliphatic carbocycles. The molecule has 1 fully saturated rings. The van der Waals surface area contributed by atoms with E-state index in [0.29, 0.717) is 36.9 Å². The van der Waals surface area contributed by atoms with E-state index in [2.05, 4.69) is 5.16 Å². The number of aryl methyl sites for hydroxylation is 3. The van der Waals surface area contributed by atoms with E-state index in [-0.39, 0.29) is 24.3 Å². The Kier molecular flexibility index (Phi) is 5.44. The molecule has 4 heterocycles. The normalized spacial score (nSPS) is 17.7. The van der Waals surface area contributed by atoms with Crippen LogP contribution in [0.4, 0.5) is 5.82 Å². The molecule has 0 saturated carbocycles. The maximum atomic E-state index is 13.2. The molecule has 33 heavy (non-hydrogen) atoms. The first-order valence-corrected chi connectivity index (χ1v) is 11.3. The van der Waals surface area contributed by atoms with E-state index in [1.807, 2.05) is 56.0 Å². The number of likely N-dealkylation sites (tertiary alicyclic amines) is 1. The summed E-state index contributed by atoms with van der Waals surface area (Å²) in [5.74, 6) is 2.02. The molecule has 1 aromatic carbocycles. The van der Waals surface area contributed by atoms with Crippen LogP contribution in [0.15, 0.2) is 34.9 Å². The second-order valence-corrected chi connectivity index (χ2v) is 8.84. The molecule has 1 unspecified atom stereocenters. The largest absolute Gasteiger partial charge is 0.361 e. The quantitative estimate of drug-likeness (QED) is 0.598. The fraction of sp³-hybridized carbons (Fsp3) is 0.400. The number of carbonyl (C=O) groups is 2. The van der Waals surface area contributed by atoms with Crippen molar-refractivity contribution in [3.63, 3.8) is 0 Å². The molecule has 0 bridgehead atoms. The number of carbonyl (C=O) groups excluding carboxylic acids is 2. The van der Waals surface area contributed by atoms with Crippen molar-refractivity contribution in [1.29, 1.82) is 0 Å². The molecule has 170 valence electrons. The van der Waals surface area contributed by atoms with Crippen molar-refractivity contribution < 1.29 is 14.1 Å². The molecule has 8 nitrogen and oxygen atoms in total. The number of amides is 2. The number of fused-ring (bicyclic) bond motifs is 1. The first kappa shape index (κ1) is 21.3. The minimum Gasteiger partial charge on any atom is -0.361 e. The number of aromatic nitrogens is 3. The highest BCUT2D eigenvalue weighted by atomic mass is 16.5. The van der Waals surface area contributed by atoms with Gasteiger partial charge in [-0.1, -0.05) is 35.5 Å². The first-order chi connectivity index (χ1) is 15.9. The lowest BCUT2D eigenvalue weighted by Gasteiger charge is -2.25. The third-order valence-corrected chi connectivity index (χ3v) is 6.66. The SMILES string of the molecule is Cc1nc(C2CCCN2C(=O)Cc2c(C)noc2C)nc2c1CC(=O)N2Cc1ccccc1. The Bertz CT molecular complexity index is 1200. The maximum absolute atomic E-state index is 13.2. The fourth-order valence-electron chi connectivity index (χ4n) is 4.82. The summed E-state index contributed by atoms with van der Waals surface area (Å²) in [4.78, 5) is 39.2. The Morgan fingerprint density at radius 3 is 2.64 bits per heavy atom. The molecule has 0 radical (unpaired) electrons. The van der Waals surface area contributed by atoms with Gasteiger partial charge in [0.05, 0.1) is 31.1 Å². The van der Waals surface area contributed by atoms with Crippen LogP contribution in [-0.4, -0.2) is 38.4 Å². The molecule has 1 atom stereocenters. The Morgan fingerprint density at radius 2 is 1.91 bits per heavy atom. The van der Waals surface area contributed by atoms with Crippen molar-refractivity contribution in [3.05, 3.63) is 70.0 Å². The van der Waals surface area contributed by atoms with Crippen molar-refractivity contribution in [2.45, 2.75) is 59.0 Å². The van der Waals surface area contributed by atoms with Crippen LogP contribution in [0.2, 0.25) is 0 Å². The smallest absolute Gasteiger partial charge is 0.233 e. The molecular weight excluding hydrogens is 418 g/mol. The first-order valence-electron chi connectivity index (χ1n) is 11.3. The van der Waals surface area contributed by atoms with Gasteiger partial charge in [-0.25, -0.2) is 9.97 Å². The summed E-state index contributed by atoms with van der Waals surface area (Å²) in [6, 6.07) is 9.71. The average Bonchev–Trinajstić information content (AvgIpc) is 3.50. The number of benzene rings is 1. The third-order valence-electron chi connectivity index (χ3n) is 6.66. The van der Waals surface area contributed by atoms with E-state index in [1.165, 1.54) is 0 Å². The average molecular weight is 446 g/mol. The van der Waals surface area contributed by atoms with Crippen LogP contribution >= 0.6 is 0 Å². The van der Waals surface area contributed by atoms with Gasteiger partial charge in [0, 0.05) is 23.4 Å². The number of rotatable bonds is 5. The van der Waals surface area contributed by atoms with Gasteiger partial charge in [-0.05, 0) is 39.2 Å². The highest BCUT2D eigenvalue weighted by Gasteiger charge is 2.36. The van der Waals surface area contributed by atoms with Gasteiger partial charge in [-0.3, -0.25) is 14.5 Å². The fourth-order valence-corrected chi connectivity index (χ4v) is 4.82. The third kappa shape index (κ3) is 3.90. The second kappa shape index (κ2) is 8.42. The lowest BCUT2D eigenvalue weighted by Crippen LogP contribution is -2.33. The minimum atomic E-state index is -0.198. The van der Waals surface area contributed by atoms with Crippen molar-refractivity contribution in [2.75, 3.05) is 11.4 Å². The minimum absolute atomic E-state index is 0.0193. The lowest BCUT2D eigenvalue weighted by atomic mass is 10.1. The van der Waals surface area contributed by atoms with Crippen LogP contribution in [-0.2, 0) is 29.0 Å². The summed E-state index contributed by atoms with van der Waals surface area (Å²) >= 11 is 0. The summed E-state index contributed by atoms with van der Waals surface area (Å²) in [7, 11) is 0. The molecule has 3 aromatic rings. The zero-order chi connectivity index (χ0) is 23.1. The monoisotopic (exact) mass is 445 g/mol. The number of hydrogen-bond donors (Lipinski definition) is 0. The van der Waals surface area contributed by atoms with Gasteiger partial charge in [0.1, 0.15) is 11.6 Å². The molecule has 2 aliphatic heterocycles. The predicted octanol–water partition coefficient (Wildman–Crippen LogP) is 3.39. The topological polar surface area (TPSA) is 92.4 Å². The van der Waals surface area contributed by atoms with E-state index >= 15 is 0 Å². The Hall–Kier alpha value is -3.55. The second-order valence-electron chi connectivity index (χ2n) is 8.84. The van der Waals surface area contributed by atoms with Gasteiger partial charge >= 0.3 is 0 Å². The van der Waals surface area contributed by atoms with Gasteiger partial charge in [0.15, 0.2) is 5.82 Å². The molecule has 2 amide bonds. The zero-order valence-electron chi connectivity index (χ0n) is 19.2. The summed E-state index contributed by atoms with van der Waals surface area (Å²) in [6.07, 6.45) is 2.26. The van der Waals surface area contributed by atoms with Crippen molar-refractivity contribution in [2.24, 2.45) is 0 Å². The maximum Gasteiger partial charge on any atom is 0.233 e. The Morgan fingerprint density at radius 1 is 1.12 bits per heavy atom. The van der Waals surface area contributed by atoms with Crippen LogP contribution in [0.3, 0.4) is 0 Å². The number of anilines is 1. The van der Waals surface area contributed by atoms with Crippen LogP contribution < -0.4 is 4.90 Å². The predicted molar refractivity (Wildman–Crippen MR) is 121 cm³/mol. The number of nitrogens with zero attached hydrogens (tertiary/aromatic N) is 5. The number of hydrogen-bond acceptors (Lipinski definition) is 6. The van der Waals surface area contributed by atoms with Gasteiger partial charge < -0.3 is 9.42 Å². The lowest BCUT2D eigenvalue weighted by molar-refractivity contribution is -0.131. The summed E-state index contributed by atoms with van der Waals surface area (Å²) in [6.45, 7) is 6.75. The summed E-state index contributed by atoms with van der Waals surface area (Å²) in [5.41, 5.74) is 4.33. The van der Waals surface area contributed by atoms with E-state index in [4.69, 9.17) is 14.5 Å². The van der Waals surface area contributed by atoms with Gasteiger partial charge in [-0.2, -0.15) is 0 Å². The van der Waals surface area contributed by atoms with E-state index in [1.54, 1.807) is 4.90 Å². The Labute approximate surface area is 192 Å². The molecule has 5 rings (SSSR count). The Balaban J connectivity index is 1.43. The molecule has 8 heteroatoms. The van der Waals surface area contributed by atoms with E-state index in [0.717, 1.165) is 40.9 Å². The van der Waals surface area contributed by atoms with Gasteiger partial charge in [0.2, 0.25) is 11.8 Å². The standard InChI is InChI=1S/C25H27N5O3/c1-15-20-13-23(32)30(14-18-8-5-4-6-9-18)25(20)27-24(26-15)21-10-7-11-29(21)22(31)12-19-16(2)28-33-17(19)3/h4-6,8-9,21H,7,10-14H2,1-3H3. The summed E-state index contributed by atoms with van der Waals surface area (Å²) in [5, 5.41) is 3.97. The van der Waals surface area contributed by atoms with Crippen molar-refractivity contribution in [1.82, 2.24) is 20.0 Å².